The van der Waals surface area contributed by atoms with Crippen molar-refractivity contribution < 1.29 is 0 Å². The van der Waals surface area contributed by atoms with Crippen molar-refractivity contribution in [3.63, 3.8) is 0 Å². The molecule has 9 aromatic carbocycles. The van der Waals surface area contributed by atoms with Crippen LogP contribution in [0.4, 0.5) is 17.1 Å². The van der Waals surface area contributed by atoms with E-state index in [2.05, 4.69) is 206 Å². The van der Waals surface area contributed by atoms with E-state index in [4.69, 9.17) is 0 Å². The Balaban J connectivity index is 1.01. The van der Waals surface area contributed by atoms with Crippen LogP contribution in [0.3, 0.4) is 0 Å². The highest BCUT2D eigenvalue weighted by molar-refractivity contribution is 6.14. The van der Waals surface area contributed by atoms with Crippen molar-refractivity contribution in [1.82, 2.24) is 0 Å². The van der Waals surface area contributed by atoms with Crippen LogP contribution in [0.1, 0.15) is 78.0 Å². The molecule has 0 amide bonds. The molecule has 0 fully saturated rings. The van der Waals surface area contributed by atoms with E-state index >= 15 is 0 Å². The maximum absolute atomic E-state index is 2.44. The van der Waals surface area contributed by atoms with Gasteiger partial charge in [-0.2, -0.15) is 0 Å². The van der Waals surface area contributed by atoms with Crippen LogP contribution in [0.2, 0.25) is 0 Å². The van der Waals surface area contributed by atoms with Crippen LogP contribution in [-0.4, -0.2) is 0 Å². The standard InChI is InChI=1S/C57H49N/c1-33(2)34-11-17-45(18-12-34)58(46-19-13-37-27-50-48-25-35-9-15-43(56(3,4)5)21-39(35)29-52(48)54(50)31-41(37)23-46)47-20-14-38-28-51-49-26-36-10-16-44(57(6,7)8)22-40(36)30-53(49)55(51)32-42(38)24-47/h9-33H,1-8H3. The number of fused-ring (bicyclic) bond motifs is 12. The zero-order chi connectivity index (χ0) is 39.8. The lowest BCUT2D eigenvalue weighted by Gasteiger charge is -2.29. The fraction of sp³-hybridized carbons (Fsp3) is 0.193. The summed E-state index contributed by atoms with van der Waals surface area (Å²) in [5, 5.41) is 10.3. The van der Waals surface area contributed by atoms with E-state index in [1.54, 1.807) is 0 Å². The number of benzene rings is 9. The largest absolute Gasteiger partial charge is 0.310 e. The summed E-state index contributed by atoms with van der Waals surface area (Å²) in [6.45, 7) is 18.3. The Morgan fingerprint density at radius 1 is 0.310 bits per heavy atom. The number of nitrogens with zero attached hydrogens (tertiary/aromatic N) is 1. The maximum Gasteiger partial charge on any atom is 0.0468 e. The second-order valence-electron chi connectivity index (χ2n) is 19.4. The monoisotopic (exact) mass is 747 g/mol. The van der Waals surface area contributed by atoms with Crippen LogP contribution in [0, 0.1) is 0 Å². The van der Waals surface area contributed by atoms with Gasteiger partial charge in [0.15, 0.2) is 0 Å². The van der Waals surface area contributed by atoms with Crippen molar-refractivity contribution in [2.45, 2.75) is 72.1 Å². The van der Waals surface area contributed by atoms with E-state index in [1.165, 1.54) is 104 Å². The molecule has 0 spiro atoms. The zero-order valence-corrected chi connectivity index (χ0v) is 34.9. The molecule has 0 unspecified atom stereocenters. The van der Waals surface area contributed by atoms with E-state index < -0.39 is 0 Å². The van der Waals surface area contributed by atoms with E-state index in [-0.39, 0.29) is 10.8 Å². The summed E-state index contributed by atoms with van der Waals surface area (Å²) in [6, 6.07) is 56.3. The smallest absolute Gasteiger partial charge is 0.0468 e. The molecule has 0 saturated carbocycles. The summed E-state index contributed by atoms with van der Waals surface area (Å²) in [6.07, 6.45) is 0. The first-order valence-electron chi connectivity index (χ1n) is 21.0. The molecule has 0 saturated heterocycles. The molecule has 0 N–H and O–H groups in total. The number of hydrogen-bond acceptors (Lipinski definition) is 1. The molecule has 1 heteroatoms. The van der Waals surface area contributed by atoms with Gasteiger partial charge in [0.1, 0.15) is 0 Å². The molecule has 0 aromatic heterocycles. The molecular formula is C57H49N. The summed E-state index contributed by atoms with van der Waals surface area (Å²) in [7, 11) is 0. The SMILES string of the molecule is CC(C)c1ccc(N(c2ccc3cc4c(cc3c2)-c2cc3cc(C(C)(C)C)ccc3cc2-4)c2ccc3cc4c(cc3c2)-c2cc3cc(C(C)(C)C)ccc3cc2-4)cc1. The first kappa shape index (κ1) is 35.0. The lowest BCUT2D eigenvalue weighted by atomic mass is 9.77. The molecule has 1 nitrogen and oxygen atoms in total. The highest BCUT2D eigenvalue weighted by Crippen LogP contribution is 2.53. The summed E-state index contributed by atoms with van der Waals surface area (Å²) in [4.78, 5) is 2.44. The minimum Gasteiger partial charge on any atom is -0.310 e. The third kappa shape index (κ3) is 5.43. The number of rotatable bonds is 4. The molecule has 0 heterocycles. The predicted octanol–water partition coefficient (Wildman–Crippen LogP) is 16.8. The molecular weight excluding hydrogens is 699 g/mol. The fourth-order valence-corrected chi connectivity index (χ4v) is 9.49. The van der Waals surface area contributed by atoms with Gasteiger partial charge in [-0.15, -0.1) is 0 Å². The van der Waals surface area contributed by atoms with E-state index in [0.29, 0.717) is 5.92 Å². The second kappa shape index (κ2) is 12.2. The molecule has 0 radical (unpaired) electrons. The first-order chi connectivity index (χ1) is 27.8. The van der Waals surface area contributed by atoms with Crippen molar-refractivity contribution in [3.8, 4) is 44.5 Å². The minimum atomic E-state index is 0.117. The Hall–Kier alpha value is -6.18. The Morgan fingerprint density at radius 2 is 0.603 bits per heavy atom. The molecule has 58 heavy (non-hydrogen) atoms. The summed E-state index contributed by atoms with van der Waals surface area (Å²) >= 11 is 0. The number of hydrogen-bond donors (Lipinski definition) is 0. The van der Waals surface area contributed by atoms with Crippen LogP contribution in [0.5, 0.6) is 0 Å². The van der Waals surface area contributed by atoms with Crippen molar-refractivity contribution in [2.24, 2.45) is 0 Å². The molecule has 0 aliphatic heterocycles. The van der Waals surface area contributed by atoms with Crippen LogP contribution in [-0.2, 0) is 10.8 Å². The normalized spacial score (nSPS) is 13.0. The summed E-state index contributed by atoms with van der Waals surface area (Å²) < 4.78 is 0. The van der Waals surface area contributed by atoms with Gasteiger partial charge in [0.2, 0.25) is 0 Å². The molecule has 282 valence electrons. The Labute approximate surface area is 342 Å². The van der Waals surface area contributed by atoms with Crippen LogP contribution < -0.4 is 4.90 Å². The minimum absolute atomic E-state index is 0.117. The fourth-order valence-electron chi connectivity index (χ4n) is 9.49. The average molecular weight is 748 g/mol. The Bertz CT molecular complexity index is 3010. The summed E-state index contributed by atoms with van der Waals surface area (Å²) in [5.41, 5.74) is 18.7. The molecule has 0 bridgehead atoms. The van der Waals surface area contributed by atoms with Gasteiger partial charge in [0, 0.05) is 17.1 Å². The van der Waals surface area contributed by atoms with Crippen LogP contribution in [0.25, 0.3) is 87.6 Å². The molecule has 0 atom stereocenters. The lowest BCUT2D eigenvalue weighted by molar-refractivity contribution is 0.591. The van der Waals surface area contributed by atoms with Gasteiger partial charge >= 0.3 is 0 Å². The topological polar surface area (TPSA) is 3.24 Å². The zero-order valence-electron chi connectivity index (χ0n) is 34.9. The highest BCUT2D eigenvalue weighted by atomic mass is 15.1. The van der Waals surface area contributed by atoms with Crippen molar-refractivity contribution >= 4 is 60.2 Å². The molecule has 2 aliphatic rings. The molecule has 11 rings (SSSR count). The lowest BCUT2D eigenvalue weighted by Crippen LogP contribution is -2.11. The Morgan fingerprint density at radius 3 is 0.931 bits per heavy atom. The quantitative estimate of drug-likeness (QED) is 0.173. The van der Waals surface area contributed by atoms with Crippen molar-refractivity contribution in [2.75, 3.05) is 4.90 Å². The van der Waals surface area contributed by atoms with Crippen molar-refractivity contribution in [3.05, 3.63) is 162 Å². The summed E-state index contributed by atoms with van der Waals surface area (Å²) in [5.74, 6) is 0.472. The van der Waals surface area contributed by atoms with Crippen LogP contribution in [0.15, 0.2) is 146 Å². The average Bonchev–Trinajstić information content (AvgIpc) is 3.20. The van der Waals surface area contributed by atoms with Gasteiger partial charge in [-0.25, -0.2) is 0 Å². The predicted molar refractivity (Wildman–Crippen MR) is 251 cm³/mol. The third-order valence-corrected chi connectivity index (χ3v) is 13.1. The first-order valence-corrected chi connectivity index (χ1v) is 21.0. The van der Waals surface area contributed by atoms with Crippen LogP contribution >= 0.6 is 0 Å². The van der Waals surface area contributed by atoms with Gasteiger partial charge in [0.25, 0.3) is 0 Å². The highest BCUT2D eigenvalue weighted by Gasteiger charge is 2.27. The van der Waals surface area contributed by atoms with Crippen molar-refractivity contribution in [1.29, 1.82) is 0 Å². The second-order valence-corrected chi connectivity index (χ2v) is 19.4. The molecule has 2 aliphatic carbocycles. The van der Waals surface area contributed by atoms with Gasteiger partial charge in [-0.3, -0.25) is 0 Å². The van der Waals surface area contributed by atoms with E-state index in [0.717, 1.165) is 17.1 Å². The van der Waals surface area contributed by atoms with E-state index in [1.807, 2.05) is 0 Å². The third-order valence-electron chi connectivity index (χ3n) is 13.1. The van der Waals surface area contributed by atoms with Gasteiger partial charge in [0.05, 0.1) is 0 Å². The Kier molecular flexibility index (Phi) is 7.35. The van der Waals surface area contributed by atoms with Gasteiger partial charge in [-0.1, -0.05) is 116 Å². The molecule has 9 aromatic rings. The van der Waals surface area contributed by atoms with Gasteiger partial charge in [-0.05, 0) is 206 Å². The number of anilines is 3. The van der Waals surface area contributed by atoms with E-state index in [9.17, 15) is 0 Å². The maximum atomic E-state index is 2.44. The van der Waals surface area contributed by atoms with Gasteiger partial charge < -0.3 is 4.90 Å².